The number of hydrogen-bond acceptors (Lipinski definition) is 4. The summed E-state index contributed by atoms with van der Waals surface area (Å²) in [4.78, 5) is 0.0780. The lowest BCUT2D eigenvalue weighted by atomic mass is 10.1. The van der Waals surface area contributed by atoms with Gasteiger partial charge in [0.05, 0.1) is 10.4 Å². The number of alkyl halides is 4. The minimum atomic E-state index is -4.25. The summed E-state index contributed by atoms with van der Waals surface area (Å²) in [5.74, 6) is -4.77. The standard InChI is InChI=1S/C26H23F5N2O3S.ClH/c27-20-9-10-23-19(16-33(24(23)14-20)37(34,35)22-7-2-1-3-8-22)11-12-32-15-18-5-4-6-21(13-18)36-17-26(30,31)25(28)29;/h1-10,13-14,16,25,32H,11-12,15,17H2;1H. The first kappa shape index (κ1) is 29.4. The molecule has 4 aromatic rings. The van der Waals surface area contributed by atoms with Crippen LogP contribution in [0.15, 0.2) is 83.9 Å². The minimum Gasteiger partial charge on any atom is -0.487 e. The summed E-state index contributed by atoms with van der Waals surface area (Å²) in [5.41, 5.74) is 1.59. The molecule has 204 valence electrons. The van der Waals surface area contributed by atoms with Gasteiger partial charge in [-0.15, -0.1) is 12.4 Å². The molecule has 0 radical (unpaired) electrons. The van der Waals surface area contributed by atoms with Gasteiger partial charge in [0.1, 0.15) is 11.6 Å². The summed E-state index contributed by atoms with van der Waals surface area (Å²) in [6.07, 6.45) is -1.93. The van der Waals surface area contributed by atoms with E-state index < -0.39 is 34.8 Å². The van der Waals surface area contributed by atoms with Crippen molar-refractivity contribution >= 4 is 33.3 Å². The lowest BCUT2D eigenvalue weighted by Crippen LogP contribution is -2.33. The van der Waals surface area contributed by atoms with Gasteiger partial charge in [-0.2, -0.15) is 8.78 Å². The molecule has 38 heavy (non-hydrogen) atoms. The van der Waals surface area contributed by atoms with Gasteiger partial charge in [0.2, 0.25) is 0 Å². The van der Waals surface area contributed by atoms with Gasteiger partial charge in [0, 0.05) is 18.1 Å². The second-order valence-electron chi connectivity index (χ2n) is 8.35. The van der Waals surface area contributed by atoms with Crippen LogP contribution in [0.4, 0.5) is 22.0 Å². The molecule has 1 heterocycles. The molecule has 5 nitrogen and oxygen atoms in total. The van der Waals surface area contributed by atoms with Crippen LogP contribution in [0.5, 0.6) is 5.75 Å². The van der Waals surface area contributed by atoms with E-state index in [0.29, 0.717) is 36.0 Å². The highest BCUT2D eigenvalue weighted by Gasteiger charge is 2.41. The van der Waals surface area contributed by atoms with Crippen LogP contribution < -0.4 is 10.1 Å². The second kappa shape index (κ2) is 12.1. The highest BCUT2D eigenvalue weighted by molar-refractivity contribution is 7.90. The highest BCUT2D eigenvalue weighted by atomic mass is 35.5. The summed E-state index contributed by atoms with van der Waals surface area (Å²) in [6, 6.07) is 18.0. The Bertz CT molecular complexity index is 1480. The Balaban J connectivity index is 0.00000400. The first-order valence-electron chi connectivity index (χ1n) is 11.3. The molecule has 0 bridgehead atoms. The van der Waals surface area contributed by atoms with E-state index in [2.05, 4.69) is 5.32 Å². The van der Waals surface area contributed by atoms with E-state index in [4.69, 9.17) is 4.74 Å². The molecule has 0 fully saturated rings. The number of rotatable bonds is 11. The van der Waals surface area contributed by atoms with Gasteiger partial charge in [0.25, 0.3) is 10.0 Å². The average Bonchev–Trinajstić information content (AvgIpc) is 3.24. The van der Waals surface area contributed by atoms with Crippen molar-refractivity contribution in [2.45, 2.75) is 30.2 Å². The number of ether oxygens (including phenoxy) is 1. The second-order valence-corrected chi connectivity index (χ2v) is 10.2. The van der Waals surface area contributed by atoms with Crippen LogP contribution in [0.2, 0.25) is 0 Å². The maximum atomic E-state index is 14.0. The molecule has 0 saturated carbocycles. The predicted octanol–water partition coefficient (Wildman–Crippen LogP) is 6.05. The van der Waals surface area contributed by atoms with Crippen molar-refractivity contribution in [1.29, 1.82) is 0 Å². The van der Waals surface area contributed by atoms with E-state index in [1.54, 1.807) is 30.3 Å². The molecular formula is C26H24ClF5N2O3S. The van der Waals surface area contributed by atoms with Gasteiger partial charge in [0.15, 0.2) is 6.61 Å². The Hall–Kier alpha value is -3.15. The molecule has 0 spiro atoms. The van der Waals surface area contributed by atoms with Crippen LogP contribution in [-0.2, 0) is 23.0 Å². The van der Waals surface area contributed by atoms with Gasteiger partial charge >= 0.3 is 12.3 Å². The summed E-state index contributed by atoms with van der Waals surface area (Å²) >= 11 is 0. The first-order valence-corrected chi connectivity index (χ1v) is 12.7. The van der Waals surface area contributed by atoms with Crippen molar-refractivity contribution in [2.24, 2.45) is 0 Å². The zero-order valence-electron chi connectivity index (χ0n) is 19.8. The molecule has 1 N–H and O–H groups in total. The van der Waals surface area contributed by atoms with Gasteiger partial charge in [-0.25, -0.2) is 25.6 Å². The fraction of sp³-hybridized carbons (Fsp3) is 0.231. The molecule has 0 atom stereocenters. The molecule has 4 rings (SSSR count). The SMILES string of the molecule is Cl.O=S(=O)(c1ccccc1)n1cc(CCNCc2cccc(OCC(F)(F)C(F)F)c2)c2ccc(F)cc21. The van der Waals surface area contributed by atoms with Crippen LogP contribution in [0.1, 0.15) is 11.1 Å². The number of nitrogens with one attached hydrogen (secondary N) is 1. The molecule has 12 heteroatoms. The maximum absolute atomic E-state index is 14.0. The number of nitrogens with zero attached hydrogens (tertiary/aromatic N) is 1. The Morgan fingerprint density at radius 1 is 0.974 bits per heavy atom. The molecule has 1 aromatic heterocycles. The molecule has 0 aliphatic heterocycles. The molecule has 3 aromatic carbocycles. The number of aromatic nitrogens is 1. The third-order valence-corrected chi connectivity index (χ3v) is 7.35. The van der Waals surface area contributed by atoms with Crippen LogP contribution in [0.25, 0.3) is 10.9 Å². The first-order chi connectivity index (χ1) is 17.6. The summed E-state index contributed by atoms with van der Waals surface area (Å²) in [7, 11) is -3.95. The molecule has 0 saturated heterocycles. The Morgan fingerprint density at radius 2 is 1.71 bits per heavy atom. The third-order valence-electron chi connectivity index (χ3n) is 5.67. The van der Waals surface area contributed by atoms with Gasteiger partial charge < -0.3 is 10.1 Å². The van der Waals surface area contributed by atoms with Crippen molar-refractivity contribution in [3.05, 3.63) is 95.9 Å². The van der Waals surface area contributed by atoms with Gasteiger partial charge in [-0.05, 0) is 66.6 Å². The topological polar surface area (TPSA) is 60.3 Å². The van der Waals surface area contributed by atoms with E-state index >= 15 is 0 Å². The van der Waals surface area contributed by atoms with E-state index in [-0.39, 0.29) is 28.6 Å². The van der Waals surface area contributed by atoms with Crippen molar-refractivity contribution in [2.75, 3.05) is 13.2 Å². The number of benzene rings is 3. The van der Waals surface area contributed by atoms with Crippen LogP contribution in [0.3, 0.4) is 0 Å². The highest BCUT2D eigenvalue weighted by Crippen LogP contribution is 2.28. The number of fused-ring (bicyclic) bond motifs is 1. The smallest absolute Gasteiger partial charge is 0.340 e. The van der Waals surface area contributed by atoms with Crippen molar-refractivity contribution in [3.8, 4) is 5.75 Å². The monoisotopic (exact) mass is 574 g/mol. The van der Waals surface area contributed by atoms with Crippen LogP contribution >= 0.6 is 12.4 Å². The lowest BCUT2D eigenvalue weighted by Gasteiger charge is -2.16. The summed E-state index contributed by atoms with van der Waals surface area (Å²) in [5, 5.41) is 3.76. The summed E-state index contributed by atoms with van der Waals surface area (Å²) < 4.78 is 97.1. The van der Waals surface area contributed by atoms with Crippen molar-refractivity contribution in [3.63, 3.8) is 0 Å². The Kier molecular flexibility index (Phi) is 9.40. The zero-order valence-corrected chi connectivity index (χ0v) is 21.4. The maximum Gasteiger partial charge on any atom is 0.340 e. The summed E-state index contributed by atoms with van der Waals surface area (Å²) in [6.45, 7) is -0.702. The lowest BCUT2D eigenvalue weighted by molar-refractivity contribution is -0.148. The largest absolute Gasteiger partial charge is 0.487 e. The normalized spacial score (nSPS) is 12.1. The van der Waals surface area contributed by atoms with E-state index in [1.807, 2.05) is 0 Å². The number of halogens is 6. The average molecular weight is 575 g/mol. The molecular weight excluding hydrogens is 551 g/mol. The van der Waals surface area contributed by atoms with Crippen molar-refractivity contribution < 1.29 is 35.1 Å². The van der Waals surface area contributed by atoms with Gasteiger partial charge in [-0.1, -0.05) is 30.3 Å². The van der Waals surface area contributed by atoms with Crippen LogP contribution in [-0.4, -0.2) is 37.9 Å². The molecule has 0 aliphatic rings. The molecule has 0 unspecified atom stereocenters. The molecule has 0 amide bonds. The molecule has 0 aliphatic carbocycles. The minimum absolute atomic E-state index is 0. The van der Waals surface area contributed by atoms with Crippen molar-refractivity contribution in [1.82, 2.24) is 9.29 Å². The Morgan fingerprint density at radius 3 is 2.42 bits per heavy atom. The van der Waals surface area contributed by atoms with E-state index in [1.165, 1.54) is 48.7 Å². The zero-order chi connectivity index (χ0) is 26.6. The van der Waals surface area contributed by atoms with Crippen LogP contribution in [0, 0.1) is 5.82 Å². The van der Waals surface area contributed by atoms with Gasteiger partial charge in [-0.3, -0.25) is 0 Å². The van der Waals surface area contributed by atoms with E-state index in [0.717, 1.165) is 3.97 Å². The quantitative estimate of drug-likeness (QED) is 0.175. The Labute approximate surface area is 222 Å². The van der Waals surface area contributed by atoms with E-state index in [9.17, 15) is 30.4 Å². The third kappa shape index (κ3) is 6.64. The fourth-order valence-corrected chi connectivity index (χ4v) is 5.19. The fourth-order valence-electron chi connectivity index (χ4n) is 3.79. The predicted molar refractivity (Wildman–Crippen MR) is 136 cm³/mol. The number of hydrogen-bond donors (Lipinski definition) is 1.